The summed E-state index contributed by atoms with van der Waals surface area (Å²) in [6, 6.07) is 6.91. The van der Waals surface area contributed by atoms with Crippen molar-refractivity contribution < 1.29 is 22.3 Å². The molecule has 3 heterocycles. The maximum Gasteiger partial charge on any atom is 0.573 e. The van der Waals surface area contributed by atoms with Crippen molar-refractivity contribution in [1.29, 1.82) is 5.26 Å². The molecule has 4 rings (SSSR count). The topological polar surface area (TPSA) is 93.0 Å². The molecule has 0 bridgehead atoms. The lowest BCUT2D eigenvalue weighted by atomic mass is 10.1. The van der Waals surface area contributed by atoms with E-state index in [1.807, 2.05) is 6.07 Å². The Kier molecular flexibility index (Phi) is 5.83. The third-order valence-corrected chi connectivity index (χ3v) is 5.43. The monoisotopic (exact) mass is 468 g/mol. The summed E-state index contributed by atoms with van der Waals surface area (Å²) >= 11 is 5.99. The normalized spacial score (nSPS) is 19.2. The van der Waals surface area contributed by atoms with Gasteiger partial charge in [0.05, 0.1) is 39.9 Å². The van der Waals surface area contributed by atoms with Gasteiger partial charge in [-0.15, -0.1) is 13.2 Å². The molecule has 32 heavy (non-hydrogen) atoms. The lowest BCUT2D eigenvalue weighted by Gasteiger charge is -2.34. The molecule has 7 nitrogen and oxygen atoms in total. The molecule has 0 amide bonds. The quantitative estimate of drug-likeness (QED) is 0.586. The van der Waals surface area contributed by atoms with Gasteiger partial charge in [0.1, 0.15) is 18.0 Å². The largest absolute Gasteiger partial charge is 0.573 e. The molecule has 0 unspecified atom stereocenters. The van der Waals surface area contributed by atoms with E-state index in [-0.39, 0.29) is 24.5 Å². The van der Waals surface area contributed by atoms with Crippen molar-refractivity contribution in [3.8, 4) is 11.8 Å². The predicted octanol–water partition coefficient (Wildman–Crippen LogP) is 3.78. The number of imidazole rings is 1. The molecule has 1 aliphatic rings. The number of hydrogen-bond acceptors (Lipinski definition) is 6. The molecule has 1 aliphatic heterocycles. The molecule has 1 fully saturated rings. The zero-order chi connectivity index (χ0) is 23.0. The van der Waals surface area contributed by atoms with Gasteiger partial charge in [-0.3, -0.25) is 4.98 Å². The van der Waals surface area contributed by atoms with Crippen LogP contribution < -0.4 is 15.4 Å². The Labute approximate surface area is 185 Å². The number of anilines is 1. The highest BCUT2D eigenvalue weighted by molar-refractivity contribution is 6.32. The lowest BCUT2D eigenvalue weighted by molar-refractivity contribution is -0.274. The number of halogens is 5. The number of ether oxygens (including phenoxy) is 1. The second-order valence-corrected chi connectivity index (χ2v) is 7.79. The number of nitrogens with two attached hydrogens (primary N) is 1. The zero-order valence-corrected chi connectivity index (χ0v) is 17.2. The van der Waals surface area contributed by atoms with Crippen LogP contribution in [0, 0.1) is 11.3 Å². The Balaban J connectivity index is 1.81. The highest BCUT2D eigenvalue weighted by Crippen LogP contribution is 2.36. The van der Waals surface area contributed by atoms with Crippen molar-refractivity contribution in [3.05, 3.63) is 46.7 Å². The fourth-order valence-corrected chi connectivity index (χ4v) is 3.79. The van der Waals surface area contributed by atoms with E-state index in [1.165, 1.54) is 12.3 Å². The van der Waals surface area contributed by atoms with Crippen molar-refractivity contribution in [2.75, 3.05) is 18.0 Å². The number of aromatic nitrogens is 3. The van der Waals surface area contributed by atoms with Crippen molar-refractivity contribution in [3.63, 3.8) is 0 Å². The molecule has 1 saturated heterocycles. The number of rotatable bonds is 4. The summed E-state index contributed by atoms with van der Waals surface area (Å²) in [6.45, 7) is 0.652. The Morgan fingerprint density at radius 1 is 1.31 bits per heavy atom. The average molecular weight is 469 g/mol. The van der Waals surface area contributed by atoms with Gasteiger partial charge in [0, 0.05) is 25.4 Å². The molecule has 0 spiro atoms. The third kappa shape index (κ3) is 4.56. The van der Waals surface area contributed by atoms with E-state index in [4.69, 9.17) is 22.6 Å². The fraction of sp³-hybridized carbons (Fsp3) is 0.350. The van der Waals surface area contributed by atoms with Gasteiger partial charge in [-0.2, -0.15) is 5.26 Å². The Bertz CT molecular complexity index is 1170. The van der Waals surface area contributed by atoms with Crippen molar-refractivity contribution in [2.45, 2.75) is 31.5 Å². The van der Waals surface area contributed by atoms with E-state index in [0.717, 1.165) is 6.07 Å². The van der Waals surface area contributed by atoms with Gasteiger partial charge in [-0.05, 0) is 24.6 Å². The summed E-state index contributed by atoms with van der Waals surface area (Å²) in [5, 5.41) is 8.72. The van der Waals surface area contributed by atoms with Crippen LogP contribution in [0.2, 0.25) is 5.02 Å². The highest BCUT2D eigenvalue weighted by atomic mass is 35.5. The van der Waals surface area contributed by atoms with Crippen LogP contribution in [0.15, 0.2) is 30.5 Å². The second-order valence-electron chi connectivity index (χ2n) is 7.38. The first kappa shape index (κ1) is 22.1. The minimum atomic E-state index is -4.92. The fourth-order valence-electron chi connectivity index (χ4n) is 3.60. The molecule has 12 heteroatoms. The smallest absolute Gasteiger partial charge is 0.404 e. The molecule has 0 saturated carbocycles. The summed E-state index contributed by atoms with van der Waals surface area (Å²) in [5.74, 6) is -0.167. The molecule has 3 aromatic rings. The van der Waals surface area contributed by atoms with Crippen LogP contribution in [0.25, 0.3) is 11.0 Å². The van der Waals surface area contributed by atoms with Crippen LogP contribution in [0.3, 0.4) is 0 Å². The zero-order valence-electron chi connectivity index (χ0n) is 16.5. The SMILES string of the molecule is N#Cc1ccc(Cn2c(N3CC[C@@H](F)[C@H](N)C3)nc3cc(Cl)c(OC(F)(F)F)cc32)nc1. The summed E-state index contributed by atoms with van der Waals surface area (Å²) in [5.41, 5.74) is 7.46. The Morgan fingerprint density at radius 3 is 2.72 bits per heavy atom. The Hall–Kier alpha value is -3.10. The molecule has 168 valence electrons. The molecular weight excluding hydrogens is 452 g/mol. The number of hydrogen-bond donors (Lipinski definition) is 1. The number of benzene rings is 1. The number of piperidine rings is 1. The summed E-state index contributed by atoms with van der Waals surface area (Å²) in [4.78, 5) is 10.5. The van der Waals surface area contributed by atoms with Crippen LogP contribution in [-0.2, 0) is 6.54 Å². The molecule has 0 aliphatic carbocycles. The van der Waals surface area contributed by atoms with Gasteiger partial charge in [-0.1, -0.05) is 11.6 Å². The first-order valence-corrected chi connectivity index (χ1v) is 9.97. The van der Waals surface area contributed by atoms with E-state index in [0.29, 0.717) is 34.8 Å². The van der Waals surface area contributed by atoms with Crippen LogP contribution in [0.4, 0.5) is 23.5 Å². The van der Waals surface area contributed by atoms with Crippen LogP contribution >= 0.6 is 11.6 Å². The number of fused-ring (bicyclic) bond motifs is 1. The van der Waals surface area contributed by atoms with Gasteiger partial charge in [0.25, 0.3) is 0 Å². The van der Waals surface area contributed by atoms with Gasteiger partial charge in [0.2, 0.25) is 5.95 Å². The minimum Gasteiger partial charge on any atom is -0.404 e. The van der Waals surface area contributed by atoms with Crippen LogP contribution in [0.5, 0.6) is 5.75 Å². The van der Waals surface area contributed by atoms with Crippen LogP contribution in [-0.4, -0.2) is 46.2 Å². The molecular formula is C20H17ClF4N6O. The second kappa shape index (κ2) is 8.44. The number of nitriles is 1. The van der Waals surface area contributed by atoms with E-state index in [1.54, 1.807) is 21.6 Å². The highest BCUT2D eigenvalue weighted by Gasteiger charge is 2.33. The van der Waals surface area contributed by atoms with Crippen molar-refractivity contribution in [2.24, 2.45) is 5.73 Å². The van der Waals surface area contributed by atoms with Gasteiger partial charge in [-0.25, -0.2) is 9.37 Å². The van der Waals surface area contributed by atoms with Gasteiger partial charge < -0.3 is 19.9 Å². The number of pyridine rings is 1. The van der Waals surface area contributed by atoms with Crippen molar-refractivity contribution in [1.82, 2.24) is 14.5 Å². The molecule has 1 aromatic carbocycles. The number of nitrogens with zero attached hydrogens (tertiary/aromatic N) is 5. The number of alkyl halides is 4. The van der Waals surface area contributed by atoms with Gasteiger partial charge >= 0.3 is 6.36 Å². The average Bonchev–Trinajstić information content (AvgIpc) is 3.07. The van der Waals surface area contributed by atoms with Crippen LogP contribution in [0.1, 0.15) is 17.7 Å². The Morgan fingerprint density at radius 2 is 2.09 bits per heavy atom. The lowest BCUT2D eigenvalue weighted by Crippen LogP contribution is -2.50. The molecule has 0 radical (unpaired) electrons. The molecule has 2 N–H and O–H groups in total. The summed E-state index contributed by atoms with van der Waals surface area (Å²) in [6.07, 6.45) is -4.48. The predicted molar refractivity (Wildman–Crippen MR) is 109 cm³/mol. The summed E-state index contributed by atoms with van der Waals surface area (Å²) in [7, 11) is 0. The molecule has 2 aromatic heterocycles. The standard InChI is InChI=1S/C20H17ClF4N6O/c21-13-5-16-17(6-18(13)32-20(23,24)25)31(9-12-2-1-11(7-26)8-28-12)19(29-16)30-4-3-14(22)15(27)10-30/h1-2,5-6,8,14-15H,3-4,9-10,27H2/t14-,15-/m1/s1. The maximum absolute atomic E-state index is 13.9. The molecule has 2 atom stereocenters. The van der Waals surface area contributed by atoms with E-state index < -0.39 is 24.3 Å². The van der Waals surface area contributed by atoms with Crippen molar-refractivity contribution >= 4 is 28.6 Å². The van der Waals surface area contributed by atoms with E-state index in [2.05, 4.69) is 14.7 Å². The first-order chi connectivity index (χ1) is 15.1. The van der Waals surface area contributed by atoms with E-state index in [9.17, 15) is 17.6 Å². The minimum absolute atomic E-state index is 0.134. The third-order valence-electron chi connectivity index (χ3n) is 5.13. The maximum atomic E-state index is 13.9. The van der Waals surface area contributed by atoms with Gasteiger partial charge in [0.15, 0.2) is 0 Å². The first-order valence-electron chi connectivity index (χ1n) is 9.60. The summed E-state index contributed by atoms with van der Waals surface area (Å²) < 4.78 is 58.1. The van der Waals surface area contributed by atoms with E-state index >= 15 is 0 Å².